The van der Waals surface area contributed by atoms with Gasteiger partial charge >= 0.3 is 5.91 Å². The molecule has 8 nitrogen and oxygen atoms in total. The molecule has 0 saturated carbocycles. The molecule has 5 rings (SSSR count). The van der Waals surface area contributed by atoms with E-state index in [1.807, 2.05) is 30.3 Å². The molecule has 1 amide bonds. The maximum Gasteiger partial charge on any atom is 0.301 e. The minimum Gasteiger partial charge on any atom is -0.507 e. The topological polar surface area (TPSA) is 113 Å². The number of phenolic OH excluding ortho intramolecular Hbond substituents is 1. The van der Waals surface area contributed by atoms with Crippen LogP contribution < -0.4 is 9.64 Å². The predicted octanol–water partition coefficient (Wildman–Crippen LogP) is 6.07. The largest absolute Gasteiger partial charge is 0.507 e. The highest BCUT2D eigenvalue weighted by Gasteiger charge is 2.48. The van der Waals surface area contributed by atoms with E-state index in [0.717, 1.165) is 29.0 Å². The normalized spacial score (nSPS) is 16.6. The van der Waals surface area contributed by atoms with E-state index >= 15 is 0 Å². The number of thioether (sulfide) groups is 1. The Morgan fingerprint density at radius 2 is 1.85 bits per heavy atom. The number of benzene rings is 3. The lowest BCUT2D eigenvalue weighted by Gasteiger charge is -2.23. The Labute approximate surface area is 238 Å². The quantitative estimate of drug-likeness (QED) is 0.0834. The van der Waals surface area contributed by atoms with Crippen LogP contribution in [0.4, 0.5) is 9.52 Å². The first-order chi connectivity index (χ1) is 18.8. The minimum atomic E-state index is -1.14. The first-order valence-corrected chi connectivity index (χ1v) is 14.0. The van der Waals surface area contributed by atoms with Gasteiger partial charge in [-0.25, -0.2) is 4.39 Å². The molecule has 1 aromatic heterocycles. The number of halogens is 2. The smallest absolute Gasteiger partial charge is 0.301 e. The van der Waals surface area contributed by atoms with Gasteiger partial charge in [0.15, 0.2) is 15.8 Å². The van der Waals surface area contributed by atoms with Gasteiger partial charge in [0.1, 0.15) is 11.6 Å². The van der Waals surface area contributed by atoms with Crippen molar-refractivity contribution in [2.75, 3.05) is 12.0 Å². The molecule has 1 unspecified atom stereocenters. The van der Waals surface area contributed by atoms with Crippen molar-refractivity contribution >= 4 is 61.6 Å². The molecule has 3 aromatic carbocycles. The predicted molar refractivity (Wildman–Crippen MR) is 149 cm³/mol. The second kappa shape index (κ2) is 11.2. The van der Waals surface area contributed by atoms with Crippen molar-refractivity contribution in [2.45, 2.75) is 16.1 Å². The Kier molecular flexibility index (Phi) is 7.69. The molecule has 2 heterocycles. The van der Waals surface area contributed by atoms with Crippen molar-refractivity contribution in [2.24, 2.45) is 0 Å². The number of carbonyl (C=O) groups excluding carboxylic acids is 2. The number of aromatic nitrogens is 2. The van der Waals surface area contributed by atoms with Crippen LogP contribution in [0.1, 0.15) is 22.7 Å². The van der Waals surface area contributed by atoms with E-state index in [9.17, 15) is 24.2 Å². The number of hydrogen-bond donors (Lipinski definition) is 2. The first kappa shape index (κ1) is 26.9. The summed E-state index contributed by atoms with van der Waals surface area (Å²) in [6.07, 6.45) is 0. The van der Waals surface area contributed by atoms with Gasteiger partial charge in [0, 0.05) is 11.3 Å². The van der Waals surface area contributed by atoms with E-state index < -0.39 is 29.3 Å². The molecule has 1 aliphatic heterocycles. The van der Waals surface area contributed by atoms with Gasteiger partial charge in [-0.3, -0.25) is 14.5 Å². The van der Waals surface area contributed by atoms with E-state index in [4.69, 9.17) is 4.74 Å². The van der Waals surface area contributed by atoms with Crippen LogP contribution in [0.2, 0.25) is 0 Å². The van der Waals surface area contributed by atoms with Crippen molar-refractivity contribution < 1.29 is 28.9 Å². The van der Waals surface area contributed by atoms with Crippen molar-refractivity contribution in [1.29, 1.82) is 0 Å². The van der Waals surface area contributed by atoms with Gasteiger partial charge in [0.25, 0.3) is 5.78 Å². The van der Waals surface area contributed by atoms with Gasteiger partial charge in [-0.05, 0) is 63.5 Å². The van der Waals surface area contributed by atoms with Crippen LogP contribution >= 0.6 is 39.0 Å². The van der Waals surface area contributed by atoms with Gasteiger partial charge < -0.3 is 14.9 Å². The van der Waals surface area contributed by atoms with Crippen LogP contribution in [-0.2, 0) is 15.3 Å². The number of hydrogen-bond acceptors (Lipinski definition) is 9. The number of ether oxygens (including phenoxy) is 1. The number of nitrogens with zero attached hydrogens (tertiary/aromatic N) is 3. The average Bonchev–Trinajstić information content (AvgIpc) is 3.51. The summed E-state index contributed by atoms with van der Waals surface area (Å²) >= 11 is 5.84. The number of Topliss-reactive ketones (excluding diaryl/α,β-unsaturated/α-hetero) is 1. The standard InChI is InChI=1S/C27H19BrFN3O5S2/c1-37-19-12-16(11-18(28)23(19)34)21-20(22(33)15-7-9-17(29)10-8-15)24(35)25(36)32(21)26-30-31-27(39-26)38-13-14-5-3-2-4-6-14/h2-12,21,33-34H,13H2,1H3/b22-20-. The number of methoxy groups -OCH3 is 1. The number of rotatable bonds is 7. The third-order valence-corrected chi connectivity index (χ3v) is 8.69. The number of phenols is 1. The summed E-state index contributed by atoms with van der Waals surface area (Å²) < 4.78 is 19.7. The van der Waals surface area contributed by atoms with Crippen molar-refractivity contribution in [3.8, 4) is 11.5 Å². The molecule has 0 spiro atoms. The summed E-state index contributed by atoms with van der Waals surface area (Å²) in [5, 5.41) is 30.1. The number of aliphatic hydroxyl groups excluding tert-OH is 1. The van der Waals surface area contributed by atoms with E-state index in [0.29, 0.717) is 15.7 Å². The zero-order valence-corrected chi connectivity index (χ0v) is 23.4. The summed E-state index contributed by atoms with van der Waals surface area (Å²) in [6.45, 7) is 0. The average molecular weight is 629 g/mol. The zero-order chi connectivity index (χ0) is 27.7. The lowest BCUT2D eigenvalue weighted by atomic mass is 9.95. The SMILES string of the molecule is COc1cc(C2/C(=C(/O)c3ccc(F)cc3)C(=O)C(=O)N2c2nnc(SCc3ccccc3)s2)cc(Br)c1O. The Bertz CT molecular complexity index is 1590. The molecule has 2 N–H and O–H groups in total. The molecule has 0 aliphatic carbocycles. The molecular formula is C27H19BrFN3O5S2. The molecular weight excluding hydrogens is 609 g/mol. The maximum absolute atomic E-state index is 13.5. The third kappa shape index (κ3) is 5.27. The van der Waals surface area contributed by atoms with Gasteiger partial charge in [-0.1, -0.05) is 53.4 Å². The molecule has 0 bridgehead atoms. The number of amides is 1. The Morgan fingerprint density at radius 1 is 1.13 bits per heavy atom. The van der Waals surface area contributed by atoms with Crippen molar-refractivity contribution in [3.63, 3.8) is 0 Å². The van der Waals surface area contributed by atoms with Crippen LogP contribution in [0.5, 0.6) is 11.5 Å². The number of anilines is 1. The highest BCUT2D eigenvalue weighted by Crippen LogP contribution is 2.47. The molecule has 198 valence electrons. The van der Waals surface area contributed by atoms with Crippen molar-refractivity contribution in [1.82, 2.24) is 10.2 Å². The lowest BCUT2D eigenvalue weighted by Crippen LogP contribution is -2.29. The van der Waals surface area contributed by atoms with Crippen LogP contribution in [0.3, 0.4) is 0 Å². The molecule has 39 heavy (non-hydrogen) atoms. The fourth-order valence-electron chi connectivity index (χ4n) is 4.09. The first-order valence-electron chi connectivity index (χ1n) is 11.4. The summed E-state index contributed by atoms with van der Waals surface area (Å²) in [7, 11) is 1.36. The Hall–Kier alpha value is -3.74. The monoisotopic (exact) mass is 627 g/mol. The van der Waals surface area contributed by atoms with Gasteiger partial charge in [-0.15, -0.1) is 10.2 Å². The Morgan fingerprint density at radius 3 is 2.54 bits per heavy atom. The molecule has 1 atom stereocenters. The Balaban J connectivity index is 1.61. The molecule has 1 aliphatic rings. The maximum atomic E-state index is 13.5. The second-order valence-electron chi connectivity index (χ2n) is 8.35. The van der Waals surface area contributed by atoms with Crippen molar-refractivity contribution in [3.05, 3.63) is 99.3 Å². The summed E-state index contributed by atoms with van der Waals surface area (Å²) in [5.74, 6) is -2.32. The molecule has 0 radical (unpaired) electrons. The second-order valence-corrected chi connectivity index (χ2v) is 11.4. The fourth-order valence-corrected chi connectivity index (χ4v) is 6.38. The highest BCUT2D eigenvalue weighted by molar-refractivity contribution is 9.10. The van der Waals surface area contributed by atoms with Crippen LogP contribution in [0, 0.1) is 5.82 Å². The highest BCUT2D eigenvalue weighted by atomic mass is 79.9. The van der Waals surface area contributed by atoms with E-state index in [2.05, 4.69) is 26.1 Å². The number of aromatic hydroxyl groups is 1. The minimum absolute atomic E-state index is 0.0862. The van der Waals surface area contributed by atoms with Gasteiger partial charge in [0.05, 0.1) is 23.2 Å². The molecule has 4 aromatic rings. The van der Waals surface area contributed by atoms with E-state index in [1.165, 1.54) is 48.0 Å². The number of carbonyl (C=O) groups is 2. The summed E-state index contributed by atoms with van der Waals surface area (Å²) in [5.41, 5.74) is 1.37. The number of aliphatic hydroxyl groups is 1. The van der Waals surface area contributed by atoms with E-state index in [1.54, 1.807) is 0 Å². The summed E-state index contributed by atoms with van der Waals surface area (Å²) in [6, 6.07) is 16.5. The molecule has 12 heteroatoms. The zero-order valence-electron chi connectivity index (χ0n) is 20.2. The number of ketones is 1. The molecule has 1 fully saturated rings. The van der Waals surface area contributed by atoms with Gasteiger partial charge in [-0.2, -0.15) is 0 Å². The van der Waals surface area contributed by atoms with Gasteiger partial charge in [0.2, 0.25) is 5.13 Å². The van der Waals surface area contributed by atoms with Crippen LogP contribution in [0.25, 0.3) is 5.76 Å². The van der Waals surface area contributed by atoms with Crippen LogP contribution in [0.15, 0.2) is 81.1 Å². The molecule has 1 saturated heterocycles. The van der Waals surface area contributed by atoms with Crippen LogP contribution in [-0.4, -0.2) is 39.2 Å². The third-order valence-electron chi connectivity index (χ3n) is 5.96. The lowest BCUT2D eigenvalue weighted by molar-refractivity contribution is -0.132. The fraction of sp³-hybridized carbons (Fsp3) is 0.111. The van der Waals surface area contributed by atoms with E-state index in [-0.39, 0.29) is 32.2 Å². The summed E-state index contributed by atoms with van der Waals surface area (Å²) in [4.78, 5) is 27.9.